The molecule has 0 amide bonds. The monoisotopic (exact) mass is 224 g/mol. The van der Waals surface area contributed by atoms with E-state index in [9.17, 15) is 0 Å². The lowest BCUT2D eigenvalue weighted by atomic mass is 10.2. The van der Waals surface area contributed by atoms with Crippen LogP contribution in [0.25, 0.3) is 0 Å². The van der Waals surface area contributed by atoms with Crippen LogP contribution in [-0.4, -0.2) is 29.8 Å². The first-order chi connectivity index (χ1) is 7.77. The maximum Gasteiger partial charge on any atom is 0.168 e. The van der Waals surface area contributed by atoms with E-state index in [-0.39, 0.29) is 12.5 Å². The normalized spacial score (nSPS) is 12.2. The molecule has 0 aromatic carbocycles. The minimum atomic E-state index is 0.172. The van der Waals surface area contributed by atoms with E-state index in [0.717, 1.165) is 18.0 Å². The Morgan fingerprint density at radius 2 is 2.38 bits per heavy atom. The molecular formula is C12H20N2O2. The third kappa shape index (κ3) is 4.06. The summed E-state index contributed by atoms with van der Waals surface area (Å²) in [5.74, 6) is 1.73. The topological polar surface area (TPSA) is 54.4 Å². The van der Waals surface area contributed by atoms with Crippen LogP contribution in [0.3, 0.4) is 0 Å². The summed E-state index contributed by atoms with van der Waals surface area (Å²) in [6.07, 6.45) is 2.70. The Morgan fingerprint density at radius 1 is 1.56 bits per heavy atom. The molecule has 1 heterocycles. The molecule has 1 rings (SSSR count). The molecule has 1 aromatic rings. The summed E-state index contributed by atoms with van der Waals surface area (Å²) >= 11 is 0. The van der Waals surface area contributed by atoms with Crippen molar-refractivity contribution in [2.45, 2.75) is 20.3 Å². The van der Waals surface area contributed by atoms with Gasteiger partial charge in [0.1, 0.15) is 0 Å². The van der Waals surface area contributed by atoms with Gasteiger partial charge >= 0.3 is 0 Å². The van der Waals surface area contributed by atoms with E-state index in [1.807, 2.05) is 19.1 Å². The van der Waals surface area contributed by atoms with E-state index in [4.69, 9.17) is 9.84 Å². The molecule has 0 spiro atoms. The van der Waals surface area contributed by atoms with Crippen LogP contribution >= 0.6 is 0 Å². The van der Waals surface area contributed by atoms with Crippen LogP contribution in [0.5, 0.6) is 5.75 Å². The van der Waals surface area contributed by atoms with Gasteiger partial charge in [-0.3, -0.25) is 0 Å². The predicted molar refractivity (Wildman–Crippen MR) is 64.8 cm³/mol. The molecular weight excluding hydrogens is 204 g/mol. The van der Waals surface area contributed by atoms with Gasteiger partial charge in [0.15, 0.2) is 11.6 Å². The zero-order valence-corrected chi connectivity index (χ0v) is 9.94. The summed E-state index contributed by atoms with van der Waals surface area (Å²) in [6, 6.07) is 3.75. The maximum atomic E-state index is 8.93. The highest BCUT2D eigenvalue weighted by Crippen LogP contribution is 2.21. The second kappa shape index (κ2) is 7.06. The average molecular weight is 224 g/mol. The van der Waals surface area contributed by atoms with Crippen molar-refractivity contribution in [1.29, 1.82) is 0 Å². The highest BCUT2D eigenvalue weighted by molar-refractivity contribution is 5.49. The van der Waals surface area contributed by atoms with E-state index in [0.29, 0.717) is 13.2 Å². The molecule has 0 bridgehead atoms. The fourth-order valence-electron chi connectivity index (χ4n) is 1.19. The van der Waals surface area contributed by atoms with Gasteiger partial charge < -0.3 is 15.2 Å². The van der Waals surface area contributed by atoms with Crippen molar-refractivity contribution in [2.24, 2.45) is 5.92 Å². The van der Waals surface area contributed by atoms with Crippen LogP contribution in [0.4, 0.5) is 5.82 Å². The zero-order chi connectivity index (χ0) is 11.8. The Balaban J connectivity index is 2.56. The van der Waals surface area contributed by atoms with Crippen molar-refractivity contribution in [1.82, 2.24) is 4.98 Å². The molecule has 4 nitrogen and oxygen atoms in total. The summed E-state index contributed by atoms with van der Waals surface area (Å²) in [4.78, 5) is 4.22. The third-order valence-corrected chi connectivity index (χ3v) is 2.16. The molecule has 0 aliphatic carbocycles. The smallest absolute Gasteiger partial charge is 0.168 e. The first-order valence-corrected chi connectivity index (χ1v) is 5.70. The standard InChI is InChI=1S/C12H20N2O2/c1-3-7-16-11-5-4-6-13-12(11)14-8-10(2)9-15/h4-6,10,15H,3,7-9H2,1-2H3,(H,13,14). The Morgan fingerprint density at radius 3 is 3.06 bits per heavy atom. The van der Waals surface area contributed by atoms with Crippen molar-refractivity contribution in [3.63, 3.8) is 0 Å². The number of aliphatic hydroxyl groups excluding tert-OH is 1. The average Bonchev–Trinajstić information content (AvgIpc) is 2.34. The summed E-state index contributed by atoms with van der Waals surface area (Å²) in [5, 5.41) is 12.1. The number of nitrogens with one attached hydrogen (secondary N) is 1. The van der Waals surface area contributed by atoms with Gasteiger partial charge in [0.05, 0.1) is 6.61 Å². The Hall–Kier alpha value is -1.29. The third-order valence-electron chi connectivity index (χ3n) is 2.16. The van der Waals surface area contributed by atoms with E-state index in [1.165, 1.54) is 0 Å². The first-order valence-electron chi connectivity index (χ1n) is 5.70. The molecule has 0 saturated heterocycles. The zero-order valence-electron chi connectivity index (χ0n) is 9.94. The van der Waals surface area contributed by atoms with Crippen LogP contribution in [0.2, 0.25) is 0 Å². The quantitative estimate of drug-likeness (QED) is 0.743. The number of pyridine rings is 1. The van der Waals surface area contributed by atoms with Crippen molar-refractivity contribution in [3.05, 3.63) is 18.3 Å². The van der Waals surface area contributed by atoms with Crippen LogP contribution in [0.1, 0.15) is 20.3 Å². The summed E-state index contributed by atoms with van der Waals surface area (Å²) in [7, 11) is 0. The van der Waals surface area contributed by atoms with Gasteiger partial charge in [-0.1, -0.05) is 13.8 Å². The summed E-state index contributed by atoms with van der Waals surface area (Å²) in [5.41, 5.74) is 0. The minimum Gasteiger partial charge on any atom is -0.490 e. The Bertz CT molecular complexity index is 305. The lowest BCUT2D eigenvalue weighted by Gasteiger charge is -2.13. The number of anilines is 1. The van der Waals surface area contributed by atoms with Crippen molar-refractivity contribution < 1.29 is 9.84 Å². The number of nitrogens with zero attached hydrogens (tertiary/aromatic N) is 1. The minimum absolute atomic E-state index is 0.172. The highest BCUT2D eigenvalue weighted by Gasteiger charge is 2.05. The van der Waals surface area contributed by atoms with E-state index >= 15 is 0 Å². The predicted octanol–water partition coefficient (Wildman–Crippen LogP) is 1.91. The second-order valence-corrected chi connectivity index (χ2v) is 3.87. The van der Waals surface area contributed by atoms with Gasteiger partial charge in [-0.05, 0) is 24.5 Å². The largest absolute Gasteiger partial charge is 0.490 e. The first kappa shape index (κ1) is 12.8. The van der Waals surface area contributed by atoms with Crippen molar-refractivity contribution >= 4 is 5.82 Å². The summed E-state index contributed by atoms with van der Waals surface area (Å²) in [6.45, 7) is 5.59. The van der Waals surface area contributed by atoms with Gasteiger partial charge in [-0.2, -0.15) is 0 Å². The molecule has 2 N–H and O–H groups in total. The van der Waals surface area contributed by atoms with Crippen LogP contribution in [-0.2, 0) is 0 Å². The number of hydrogen-bond acceptors (Lipinski definition) is 4. The van der Waals surface area contributed by atoms with Crippen LogP contribution < -0.4 is 10.1 Å². The number of ether oxygens (including phenoxy) is 1. The molecule has 0 fully saturated rings. The van der Waals surface area contributed by atoms with Gasteiger partial charge in [0.2, 0.25) is 0 Å². The SMILES string of the molecule is CCCOc1cccnc1NCC(C)CO. The van der Waals surface area contributed by atoms with E-state index in [1.54, 1.807) is 6.20 Å². The lowest BCUT2D eigenvalue weighted by Crippen LogP contribution is -2.15. The fourth-order valence-corrected chi connectivity index (χ4v) is 1.19. The molecule has 1 atom stereocenters. The molecule has 0 radical (unpaired) electrons. The highest BCUT2D eigenvalue weighted by atomic mass is 16.5. The molecule has 0 aliphatic rings. The van der Waals surface area contributed by atoms with Crippen molar-refractivity contribution in [2.75, 3.05) is 25.1 Å². The molecule has 1 aromatic heterocycles. The van der Waals surface area contributed by atoms with Gasteiger partial charge in [0.25, 0.3) is 0 Å². The van der Waals surface area contributed by atoms with Crippen LogP contribution in [0.15, 0.2) is 18.3 Å². The molecule has 0 aliphatic heterocycles. The number of aliphatic hydroxyl groups is 1. The molecule has 90 valence electrons. The van der Waals surface area contributed by atoms with Crippen LogP contribution in [0, 0.1) is 5.92 Å². The maximum absolute atomic E-state index is 8.93. The fraction of sp³-hybridized carbons (Fsp3) is 0.583. The lowest BCUT2D eigenvalue weighted by molar-refractivity contribution is 0.244. The van der Waals surface area contributed by atoms with Crippen molar-refractivity contribution in [3.8, 4) is 5.75 Å². The molecule has 16 heavy (non-hydrogen) atoms. The molecule has 4 heteroatoms. The second-order valence-electron chi connectivity index (χ2n) is 3.87. The Kier molecular flexibility index (Phi) is 5.64. The molecule has 0 saturated carbocycles. The number of hydrogen-bond donors (Lipinski definition) is 2. The number of rotatable bonds is 7. The summed E-state index contributed by atoms with van der Waals surface area (Å²) < 4.78 is 5.56. The van der Waals surface area contributed by atoms with Gasteiger partial charge in [0, 0.05) is 19.3 Å². The van der Waals surface area contributed by atoms with E-state index in [2.05, 4.69) is 17.2 Å². The number of aromatic nitrogens is 1. The molecule has 1 unspecified atom stereocenters. The Labute approximate surface area is 96.7 Å². The van der Waals surface area contributed by atoms with Gasteiger partial charge in [-0.25, -0.2) is 4.98 Å². The van der Waals surface area contributed by atoms with Gasteiger partial charge in [-0.15, -0.1) is 0 Å². The van der Waals surface area contributed by atoms with E-state index < -0.39 is 0 Å².